The summed E-state index contributed by atoms with van der Waals surface area (Å²) in [4.78, 5) is 16.9. The fourth-order valence-corrected chi connectivity index (χ4v) is 4.06. The first-order valence-electron chi connectivity index (χ1n) is 11.2. The minimum Gasteiger partial charge on any atom is -0.435 e. The van der Waals surface area contributed by atoms with Gasteiger partial charge in [0.2, 0.25) is 5.71 Å². The van der Waals surface area contributed by atoms with Crippen LogP contribution in [-0.2, 0) is 0 Å². The van der Waals surface area contributed by atoms with Gasteiger partial charge in [-0.05, 0) is 52.2 Å². The molecule has 1 aliphatic rings. The minimum absolute atomic E-state index is 0.357. The third-order valence-electron chi connectivity index (χ3n) is 5.29. The molecule has 3 aromatic heterocycles. The van der Waals surface area contributed by atoms with Crippen molar-refractivity contribution in [1.82, 2.24) is 15.0 Å². The minimum atomic E-state index is -2.56. The van der Waals surface area contributed by atoms with Crippen LogP contribution in [0.1, 0.15) is 37.4 Å². The Hall–Kier alpha value is -3.15. The highest BCUT2D eigenvalue weighted by atomic mass is 16.3. The molecule has 6 heteroatoms. The van der Waals surface area contributed by atoms with Gasteiger partial charge in [0.25, 0.3) is 0 Å². The van der Waals surface area contributed by atoms with Crippen LogP contribution in [0.3, 0.4) is 0 Å². The van der Waals surface area contributed by atoms with Crippen molar-refractivity contribution < 1.29 is 9.90 Å². The molecule has 5 rings (SSSR count). The predicted molar refractivity (Wildman–Crippen MR) is 112 cm³/mol. The maximum atomic E-state index is 8.75. The van der Waals surface area contributed by atoms with Gasteiger partial charge in [0.15, 0.2) is 17.2 Å². The fraction of sp³-hybridized carbons (Fsp3) is 0.318. The summed E-state index contributed by atoms with van der Waals surface area (Å²) in [5.41, 5.74) is 3.73. The van der Waals surface area contributed by atoms with Crippen molar-refractivity contribution in [1.29, 1.82) is 0 Å². The Balaban J connectivity index is 1.79. The Morgan fingerprint density at radius 3 is 2.64 bits per heavy atom. The number of aryl methyl sites for hydroxylation is 2. The number of benzene rings is 1. The first-order valence-corrected chi connectivity index (χ1v) is 9.21. The van der Waals surface area contributed by atoms with E-state index in [1.54, 1.807) is 6.20 Å². The smallest absolute Gasteiger partial charge is 0.227 e. The maximum absolute atomic E-state index is 8.75. The summed E-state index contributed by atoms with van der Waals surface area (Å²) >= 11 is 0. The van der Waals surface area contributed by atoms with Crippen LogP contribution in [0.2, 0.25) is 0 Å². The monoisotopic (exact) mass is 377 g/mol. The van der Waals surface area contributed by atoms with E-state index < -0.39 is 19.0 Å². The summed E-state index contributed by atoms with van der Waals surface area (Å²) < 4.78 is 38.9. The van der Waals surface area contributed by atoms with E-state index in [0.717, 1.165) is 27.7 Å². The second-order valence-corrected chi connectivity index (χ2v) is 7.18. The van der Waals surface area contributed by atoms with Crippen LogP contribution in [0.15, 0.2) is 41.1 Å². The van der Waals surface area contributed by atoms with Gasteiger partial charge in [0.05, 0.1) is 7.06 Å². The molecule has 4 aromatic rings. The van der Waals surface area contributed by atoms with E-state index in [1.807, 2.05) is 49.9 Å². The van der Waals surface area contributed by atoms with E-state index in [-0.39, 0.29) is 0 Å². The van der Waals surface area contributed by atoms with Crippen LogP contribution in [0.4, 0.5) is 17.3 Å². The van der Waals surface area contributed by atoms with E-state index in [1.165, 1.54) is 18.0 Å². The molecule has 0 fully saturated rings. The summed E-state index contributed by atoms with van der Waals surface area (Å²) in [6.07, 6.45) is 2.54. The number of pyridine rings is 1. The van der Waals surface area contributed by atoms with Gasteiger partial charge in [-0.1, -0.05) is 12.1 Å². The van der Waals surface area contributed by atoms with Gasteiger partial charge in [-0.15, -0.1) is 0 Å². The molecule has 1 aliphatic heterocycles. The van der Waals surface area contributed by atoms with E-state index >= 15 is 0 Å². The molecule has 1 unspecified atom stereocenters. The Morgan fingerprint density at radius 1 is 1.11 bits per heavy atom. The van der Waals surface area contributed by atoms with Crippen molar-refractivity contribution in [2.75, 3.05) is 9.80 Å². The van der Waals surface area contributed by atoms with Gasteiger partial charge < -0.3 is 9.32 Å². The summed E-state index contributed by atoms with van der Waals surface area (Å²) in [6, 6.07) is 6.03. The van der Waals surface area contributed by atoms with Crippen molar-refractivity contribution >= 4 is 39.4 Å². The molecule has 0 radical (unpaired) electrons. The zero-order valence-electron chi connectivity index (χ0n) is 20.2. The van der Waals surface area contributed by atoms with Crippen LogP contribution in [-0.4, -0.2) is 27.1 Å². The van der Waals surface area contributed by atoms with Crippen LogP contribution >= 0.6 is 0 Å². The number of furan rings is 1. The molecule has 1 aromatic carbocycles. The molecule has 2 atom stereocenters. The number of fused-ring (bicyclic) bond motifs is 4. The van der Waals surface area contributed by atoms with E-state index in [2.05, 4.69) is 15.0 Å². The molecule has 0 N–H and O–H groups in total. The van der Waals surface area contributed by atoms with Crippen LogP contribution < -0.4 is 9.80 Å². The first kappa shape index (κ1) is 13.1. The van der Waals surface area contributed by atoms with Crippen molar-refractivity contribution in [3.63, 3.8) is 0 Å². The Bertz CT molecular complexity index is 1360. The SMILES string of the molecule is [2H]C([2H])([2H])C([2H])(C)N1c2nccnc2N(c2c(C)ccc3c2oc2nc(C)ccc23)[C@H]1C. The fourth-order valence-electron chi connectivity index (χ4n) is 4.06. The average molecular weight is 377 g/mol. The van der Waals surface area contributed by atoms with Gasteiger partial charge in [-0.2, -0.15) is 0 Å². The van der Waals surface area contributed by atoms with Crippen molar-refractivity contribution in [2.45, 2.75) is 46.7 Å². The van der Waals surface area contributed by atoms with Gasteiger partial charge >= 0.3 is 0 Å². The number of hydrogen-bond acceptors (Lipinski definition) is 6. The van der Waals surface area contributed by atoms with E-state index in [4.69, 9.17) is 9.90 Å². The number of nitrogens with zero attached hydrogens (tertiary/aromatic N) is 5. The standard InChI is InChI=1S/C22H23N5O/c1-12(2)26-15(5)27(21-20(26)23-10-11-24-21)18-13(3)6-8-16-17-9-7-14(4)25-22(17)28-19(16)18/h6-12,15H,1-5H3/t15-/m0/s1/i1D3,12D/t12?,15-. The number of hydrogen-bond donors (Lipinski definition) is 0. The van der Waals surface area contributed by atoms with Crippen molar-refractivity contribution in [3.05, 3.63) is 47.9 Å². The summed E-state index contributed by atoms with van der Waals surface area (Å²) in [5.74, 6) is 0.845. The molecule has 0 aliphatic carbocycles. The molecule has 0 saturated heterocycles. The molecule has 6 nitrogen and oxygen atoms in total. The Morgan fingerprint density at radius 2 is 1.86 bits per heavy atom. The highest BCUT2D eigenvalue weighted by Gasteiger charge is 2.39. The largest absolute Gasteiger partial charge is 0.435 e. The summed E-state index contributed by atoms with van der Waals surface area (Å²) in [5, 5.41) is 1.82. The highest BCUT2D eigenvalue weighted by Crippen LogP contribution is 2.46. The second-order valence-electron chi connectivity index (χ2n) is 7.18. The number of rotatable bonds is 2. The van der Waals surface area contributed by atoms with E-state index in [9.17, 15) is 0 Å². The quantitative estimate of drug-likeness (QED) is 0.484. The van der Waals surface area contributed by atoms with E-state index in [0.29, 0.717) is 22.9 Å². The zero-order valence-corrected chi connectivity index (χ0v) is 16.2. The molecule has 142 valence electrons. The predicted octanol–water partition coefficient (Wildman–Crippen LogP) is 5.10. The summed E-state index contributed by atoms with van der Waals surface area (Å²) in [7, 11) is 0. The Labute approximate surface area is 169 Å². The molecule has 28 heavy (non-hydrogen) atoms. The number of aromatic nitrogens is 3. The number of anilines is 3. The highest BCUT2D eigenvalue weighted by molar-refractivity contribution is 6.09. The zero-order chi connectivity index (χ0) is 23.0. The third kappa shape index (κ3) is 2.24. The van der Waals surface area contributed by atoms with Gasteiger partial charge in [0, 0.05) is 39.0 Å². The normalized spacial score (nSPS) is 21.2. The molecular weight excluding hydrogens is 350 g/mol. The lowest BCUT2D eigenvalue weighted by molar-refractivity contribution is 0.597. The molecule has 0 saturated carbocycles. The van der Waals surface area contributed by atoms with Crippen molar-refractivity contribution in [3.8, 4) is 0 Å². The van der Waals surface area contributed by atoms with Gasteiger partial charge in [-0.25, -0.2) is 15.0 Å². The van der Waals surface area contributed by atoms with Gasteiger partial charge in [-0.3, -0.25) is 4.90 Å². The van der Waals surface area contributed by atoms with Crippen LogP contribution in [0.25, 0.3) is 22.1 Å². The lowest BCUT2D eigenvalue weighted by Crippen LogP contribution is -2.42. The first-order chi connectivity index (χ1) is 15.0. The Kier molecular flexibility index (Phi) is 2.77. The van der Waals surface area contributed by atoms with Gasteiger partial charge in [0.1, 0.15) is 6.17 Å². The average Bonchev–Trinajstić information content (AvgIpc) is 3.21. The lowest BCUT2D eigenvalue weighted by atomic mass is 10.1. The molecule has 0 spiro atoms. The third-order valence-corrected chi connectivity index (χ3v) is 5.29. The molecular formula is C22H23N5O. The lowest BCUT2D eigenvalue weighted by Gasteiger charge is -2.32. The molecule has 0 bridgehead atoms. The topological polar surface area (TPSA) is 58.3 Å². The molecule has 0 amide bonds. The van der Waals surface area contributed by atoms with Crippen LogP contribution in [0, 0.1) is 13.8 Å². The second kappa shape index (κ2) is 5.92. The van der Waals surface area contributed by atoms with Crippen LogP contribution in [0.5, 0.6) is 0 Å². The maximum Gasteiger partial charge on any atom is 0.227 e. The summed E-state index contributed by atoms with van der Waals surface area (Å²) in [6.45, 7) is 4.56. The molecule has 4 heterocycles. The van der Waals surface area contributed by atoms with Crippen molar-refractivity contribution in [2.24, 2.45) is 0 Å².